The number of hydroxylamine groups is 1. The molecule has 192 valence electrons. The highest BCUT2D eigenvalue weighted by Gasteiger charge is 2.32. The van der Waals surface area contributed by atoms with E-state index in [1.807, 2.05) is 12.1 Å². The largest absolute Gasteiger partial charge is 0.494 e. The summed E-state index contributed by atoms with van der Waals surface area (Å²) in [5.74, 6) is 2.50. The van der Waals surface area contributed by atoms with E-state index in [-0.39, 0.29) is 5.56 Å². The predicted molar refractivity (Wildman–Crippen MR) is 138 cm³/mol. The first kappa shape index (κ1) is 24.7. The Morgan fingerprint density at radius 3 is 2.70 bits per heavy atom. The zero-order valence-electron chi connectivity index (χ0n) is 20.7. The third kappa shape index (κ3) is 5.01. The van der Waals surface area contributed by atoms with E-state index in [0.29, 0.717) is 36.1 Å². The summed E-state index contributed by atoms with van der Waals surface area (Å²) in [5.41, 5.74) is 2.55. The van der Waals surface area contributed by atoms with Crippen LogP contribution >= 0.6 is 0 Å². The minimum absolute atomic E-state index is 0.213. The van der Waals surface area contributed by atoms with Gasteiger partial charge in [0.25, 0.3) is 0 Å². The Morgan fingerprint density at radius 1 is 1.14 bits per heavy atom. The lowest BCUT2D eigenvalue weighted by molar-refractivity contribution is 0.156. The fraction of sp³-hybridized carbons (Fsp3) is 0.333. The highest BCUT2D eigenvalue weighted by Crippen LogP contribution is 2.38. The molecule has 2 fully saturated rings. The number of anilines is 4. The van der Waals surface area contributed by atoms with Gasteiger partial charge in [-0.1, -0.05) is 18.1 Å². The number of methoxy groups -OCH3 is 1. The number of piperazine rings is 1. The van der Waals surface area contributed by atoms with Crippen LogP contribution in [0.1, 0.15) is 23.6 Å². The van der Waals surface area contributed by atoms with Crippen molar-refractivity contribution in [2.75, 3.05) is 62.2 Å². The zero-order chi connectivity index (χ0) is 25.9. The van der Waals surface area contributed by atoms with E-state index in [0.717, 1.165) is 43.5 Å². The number of nitrogens with zero attached hydrogens (tertiary/aromatic N) is 5. The van der Waals surface area contributed by atoms with Crippen LogP contribution in [0.3, 0.4) is 0 Å². The van der Waals surface area contributed by atoms with Gasteiger partial charge < -0.3 is 19.9 Å². The van der Waals surface area contributed by atoms with E-state index >= 15 is 0 Å². The summed E-state index contributed by atoms with van der Waals surface area (Å²) >= 11 is 0. The summed E-state index contributed by atoms with van der Waals surface area (Å²) in [6.45, 7) is 4.00. The molecule has 0 amide bonds. The standard InChI is InChI=1S/C27H28F2N6O2/c1-4-18-14-21(24(36-3)15-23(18)34-11-9-33(2)10-12-34)32-25-16-26(31-17-30-25)35-22(8-13-37-35)19-6-5-7-20(28)27(19)29/h1,5-7,14-17,22H,8-13H2,2-3H3,(H,30,31,32)/t22-/m1/s1. The molecule has 0 unspecified atom stereocenters. The first-order chi connectivity index (χ1) is 18.0. The normalized spacial score (nSPS) is 18.1. The van der Waals surface area contributed by atoms with Gasteiger partial charge in [0.2, 0.25) is 0 Å². The van der Waals surface area contributed by atoms with Crippen LogP contribution in [0.5, 0.6) is 5.75 Å². The maximum absolute atomic E-state index is 14.5. The summed E-state index contributed by atoms with van der Waals surface area (Å²) in [5, 5.41) is 4.75. The number of likely N-dealkylation sites (N-methyl/N-ethyl adjacent to an activating group) is 1. The van der Waals surface area contributed by atoms with Crippen molar-refractivity contribution in [3.05, 3.63) is 65.5 Å². The van der Waals surface area contributed by atoms with Crippen molar-refractivity contribution in [3.8, 4) is 18.1 Å². The molecule has 1 N–H and O–H groups in total. The molecule has 3 aromatic rings. The highest BCUT2D eigenvalue weighted by molar-refractivity contribution is 5.75. The minimum atomic E-state index is -0.897. The van der Waals surface area contributed by atoms with Gasteiger partial charge in [0.05, 0.1) is 31.1 Å². The molecule has 0 radical (unpaired) electrons. The van der Waals surface area contributed by atoms with Crippen molar-refractivity contribution in [3.63, 3.8) is 0 Å². The van der Waals surface area contributed by atoms with E-state index in [1.165, 1.54) is 17.5 Å². The van der Waals surface area contributed by atoms with Crippen LogP contribution in [0, 0.1) is 24.0 Å². The van der Waals surface area contributed by atoms with Gasteiger partial charge in [-0.25, -0.2) is 23.8 Å². The quantitative estimate of drug-likeness (QED) is 0.501. The molecule has 3 heterocycles. The number of ether oxygens (including phenoxy) is 1. The van der Waals surface area contributed by atoms with Gasteiger partial charge in [0.1, 0.15) is 17.9 Å². The molecular formula is C27H28F2N6O2. The maximum atomic E-state index is 14.5. The highest BCUT2D eigenvalue weighted by atomic mass is 19.2. The Bertz CT molecular complexity index is 1320. The van der Waals surface area contributed by atoms with Crippen molar-refractivity contribution in [1.29, 1.82) is 0 Å². The topological polar surface area (TPSA) is 66.0 Å². The Morgan fingerprint density at radius 2 is 1.95 bits per heavy atom. The molecule has 2 aliphatic heterocycles. The second kappa shape index (κ2) is 10.6. The number of halogens is 2. The number of aromatic nitrogens is 2. The molecule has 10 heteroatoms. The van der Waals surface area contributed by atoms with Crippen molar-refractivity contribution >= 4 is 23.0 Å². The number of nitrogens with one attached hydrogen (secondary N) is 1. The lowest BCUT2D eigenvalue weighted by Crippen LogP contribution is -2.44. The molecule has 1 aromatic heterocycles. The van der Waals surface area contributed by atoms with E-state index in [1.54, 1.807) is 19.2 Å². The minimum Gasteiger partial charge on any atom is -0.494 e. The van der Waals surface area contributed by atoms with Crippen LogP contribution in [0.2, 0.25) is 0 Å². The molecule has 2 saturated heterocycles. The first-order valence-electron chi connectivity index (χ1n) is 12.1. The number of hydrogen-bond donors (Lipinski definition) is 1. The maximum Gasteiger partial charge on any atom is 0.164 e. The SMILES string of the molecule is C#Cc1cc(Nc2cc(N3OCC[C@@H]3c3cccc(F)c3F)ncn2)c(OC)cc1N1CCN(C)CC1. The second-order valence-electron chi connectivity index (χ2n) is 9.00. The second-order valence-corrected chi connectivity index (χ2v) is 9.00. The van der Waals surface area contributed by atoms with Gasteiger partial charge >= 0.3 is 0 Å². The third-order valence-corrected chi connectivity index (χ3v) is 6.70. The molecule has 37 heavy (non-hydrogen) atoms. The Kier molecular flexibility index (Phi) is 7.08. The zero-order valence-corrected chi connectivity index (χ0v) is 20.7. The van der Waals surface area contributed by atoms with Gasteiger partial charge in [0.15, 0.2) is 17.5 Å². The van der Waals surface area contributed by atoms with Crippen LogP contribution < -0.4 is 20.0 Å². The molecule has 1 atom stereocenters. The number of hydrogen-bond acceptors (Lipinski definition) is 8. The monoisotopic (exact) mass is 506 g/mol. The van der Waals surface area contributed by atoms with Gasteiger partial charge in [-0.2, -0.15) is 0 Å². The lowest BCUT2D eigenvalue weighted by Gasteiger charge is -2.35. The van der Waals surface area contributed by atoms with Crippen LogP contribution in [0.25, 0.3) is 0 Å². The Labute approximate surface area is 214 Å². The molecular weight excluding hydrogens is 478 g/mol. The first-order valence-corrected chi connectivity index (χ1v) is 12.1. The van der Waals surface area contributed by atoms with Gasteiger partial charge in [-0.3, -0.25) is 4.84 Å². The Balaban J connectivity index is 1.42. The fourth-order valence-electron chi connectivity index (χ4n) is 4.69. The summed E-state index contributed by atoms with van der Waals surface area (Å²) < 4.78 is 34.1. The molecule has 8 nitrogen and oxygen atoms in total. The predicted octanol–water partition coefficient (Wildman–Crippen LogP) is 4.12. The molecule has 0 aliphatic carbocycles. The van der Waals surface area contributed by atoms with Crippen molar-refractivity contribution in [2.24, 2.45) is 0 Å². The summed E-state index contributed by atoms with van der Waals surface area (Å²) in [6, 6.07) is 9.10. The van der Waals surface area contributed by atoms with E-state index < -0.39 is 17.7 Å². The third-order valence-electron chi connectivity index (χ3n) is 6.70. The van der Waals surface area contributed by atoms with Gasteiger partial charge in [-0.05, 0) is 19.2 Å². The summed E-state index contributed by atoms with van der Waals surface area (Å²) in [6.07, 6.45) is 7.74. The summed E-state index contributed by atoms with van der Waals surface area (Å²) in [4.78, 5) is 18.9. The van der Waals surface area contributed by atoms with Crippen molar-refractivity contribution < 1.29 is 18.4 Å². The average molecular weight is 507 g/mol. The molecule has 0 bridgehead atoms. The molecule has 2 aliphatic rings. The van der Waals surface area contributed by atoms with Crippen molar-refractivity contribution in [1.82, 2.24) is 14.9 Å². The molecule has 5 rings (SSSR count). The van der Waals surface area contributed by atoms with Crippen molar-refractivity contribution in [2.45, 2.75) is 12.5 Å². The number of benzene rings is 2. The fourth-order valence-corrected chi connectivity index (χ4v) is 4.69. The number of rotatable bonds is 6. The molecule has 0 saturated carbocycles. The lowest BCUT2D eigenvalue weighted by atomic mass is 10.0. The smallest absolute Gasteiger partial charge is 0.164 e. The average Bonchev–Trinajstić information content (AvgIpc) is 3.40. The van der Waals surface area contributed by atoms with E-state index in [2.05, 4.69) is 38.1 Å². The van der Waals surface area contributed by atoms with Crippen LogP contribution in [-0.2, 0) is 4.84 Å². The van der Waals surface area contributed by atoms with Crippen LogP contribution in [-0.4, -0.2) is 61.8 Å². The van der Waals surface area contributed by atoms with Gasteiger partial charge in [0, 0.05) is 55.9 Å². The number of terminal acetylenes is 1. The Hall–Kier alpha value is -3.94. The molecule has 2 aromatic carbocycles. The van der Waals surface area contributed by atoms with E-state index in [4.69, 9.17) is 16.0 Å². The molecule has 0 spiro atoms. The summed E-state index contributed by atoms with van der Waals surface area (Å²) in [7, 11) is 3.71. The van der Waals surface area contributed by atoms with Crippen LogP contribution in [0.15, 0.2) is 42.7 Å². The van der Waals surface area contributed by atoms with Gasteiger partial charge in [-0.15, -0.1) is 6.42 Å². The van der Waals surface area contributed by atoms with Crippen LogP contribution in [0.4, 0.5) is 31.8 Å². The van der Waals surface area contributed by atoms with E-state index in [9.17, 15) is 8.78 Å².